The topological polar surface area (TPSA) is 48.1 Å². The molecule has 1 aromatic carbocycles. The van der Waals surface area contributed by atoms with Gasteiger partial charge < -0.3 is 10.5 Å². The summed E-state index contributed by atoms with van der Waals surface area (Å²) in [6.45, 7) is 1.71. The van der Waals surface area contributed by atoms with Crippen molar-refractivity contribution in [1.29, 1.82) is 0 Å². The first-order valence-electron chi connectivity index (χ1n) is 5.64. The molecule has 0 aliphatic rings. The molecular weight excluding hydrogens is 231 g/mol. The Balaban J connectivity index is 2.41. The van der Waals surface area contributed by atoms with Gasteiger partial charge in [0.25, 0.3) is 0 Å². The van der Waals surface area contributed by atoms with Crippen molar-refractivity contribution in [2.45, 2.75) is 13.0 Å². The van der Waals surface area contributed by atoms with Gasteiger partial charge in [-0.15, -0.1) is 0 Å². The zero-order valence-corrected chi connectivity index (χ0v) is 10.4. The number of pyridine rings is 1. The number of ether oxygens (including phenoxy) is 1. The van der Waals surface area contributed by atoms with E-state index in [-0.39, 0.29) is 5.82 Å². The van der Waals surface area contributed by atoms with Gasteiger partial charge in [0.15, 0.2) is 0 Å². The highest BCUT2D eigenvalue weighted by molar-refractivity contribution is 5.37. The van der Waals surface area contributed by atoms with Gasteiger partial charge in [-0.1, -0.05) is 12.1 Å². The van der Waals surface area contributed by atoms with E-state index in [1.54, 1.807) is 44.5 Å². The van der Waals surface area contributed by atoms with Gasteiger partial charge in [-0.2, -0.15) is 0 Å². The van der Waals surface area contributed by atoms with Crippen molar-refractivity contribution in [2.24, 2.45) is 5.73 Å². The molecule has 0 amide bonds. The zero-order valence-electron chi connectivity index (χ0n) is 10.4. The number of hydrogen-bond donors (Lipinski definition) is 1. The van der Waals surface area contributed by atoms with Crippen molar-refractivity contribution in [3.05, 3.63) is 59.2 Å². The first-order valence-corrected chi connectivity index (χ1v) is 5.64. The Morgan fingerprint density at radius 2 is 2.11 bits per heavy atom. The molecule has 0 fully saturated rings. The summed E-state index contributed by atoms with van der Waals surface area (Å²) < 4.78 is 18.5. The Morgan fingerprint density at radius 1 is 1.33 bits per heavy atom. The summed E-state index contributed by atoms with van der Waals surface area (Å²) in [6, 6.07) is 7.97. The van der Waals surface area contributed by atoms with Crippen molar-refractivity contribution in [3.63, 3.8) is 0 Å². The lowest BCUT2D eigenvalue weighted by Gasteiger charge is -2.15. The van der Waals surface area contributed by atoms with Crippen LogP contribution in [0.5, 0.6) is 5.75 Å². The average Bonchev–Trinajstić information content (AvgIpc) is 2.41. The van der Waals surface area contributed by atoms with Gasteiger partial charge in [-0.25, -0.2) is 4.39 Å². The molecule has 0 saturated carbocycles. The summed E-state index contributed by atoms with van der Waals surface area (Å²) in [5, 5.41) is 0. The van der Waals surface area contributed by atoms with Gasteiger partial charge in [0.2, 0.25) is 0 Å². The van der Waals surface area contributed by atoms with E-state index in [1.165, 1.54) is 6.07 Å². The quantitative estimate of drug-likeness (QED) is 0.905. The number of aryl methyl sites for hydroxylation is 1. The van der Waals surface area contributed by atoms with E-state index in [0.717, 1.165) is 5.56 Å². The zero-order chi connectivity index (χ0) is 13.1. The number of benzene rings is 1. The van der Waals surface area contributed by atoms with Crippen LogP contribution >= 0.6 is 0 Å². The number of halogens is 1. The second kappa shape index (κ2) is 5.14. The lowest BCUT2D eigenvalue weighted by atomic mass is 10.0. The second-order valence-electron chi connectivity index (χ2n) is 4.08. The Morgan fingerprint density at radius 3 is 2.78 bits per heavy atom. The summed E-state index contributed by atoms with van der Waals surface area (Å²) in [5.74, 6) is 0.394. The molecule has 1 atom stereocenters. The first-order chi connectivity index (χ1) is 8.63. The van der Waals surface area contributed by atoms with Crippen LogP contribution in [0.1, 0.15) is 22.9 Å². The summed E-state index contributed by atoms with van der Waals surface area (Å²) in [7, 11) is 1.57. The van der Waals surface area contributed by atoms with Crippen LogP contribution < -0.4 is 10.5 Å². The van der Waals surface area contributed by atoms with E-state index in [0.29, 0.717) is 17.0 Å². The predicted molar refractivity (Wildman–Crippen MR) is 68.0 cm³/mol. The summed E-state index contributed by atoms with van der Waals surface area (Å²) in [4.78, 5) is 4.23. The molecule has 0 radical (unpaired) electrons. The number of rotatable bonds is 3. The molecule has 18 heavy (non-hydrogen) atoms. The molecule has 3 nitrogen and oxygen atoms in total. The molecule has 0 aliphatic carbocycles. The van der Waals surface area contributed by atoms with Gasteiger partial charge >= 0.3 is 0 Å². The molecule has 2 aromatic rings. The van der Waals surface area contributed by atoms with Crippen molar-refractivity contribution < 1.29 is 9.13 Å². The monoisotopic (exact) mass is 246 g/mol. The lowest BCUT2D eigenvalue weighted by Crippen LogP contribution is -2.15. The molecule has 1 heterocycles. The fourth-order valence-electron chi connectivity index (χ4n) is 1.83. The summed E-state index contributed by atoms with van der Waals surface area (Å²) in [6.07, 6.45) is 1.66. The number of nitrogens with two attached hydrogens (primary N) is 1. The fourth-order valence-corrected chi connectivity index (χ4v) is 1.83. The smallest absolute Gasteiger partial charge is 0.142 e. The molecule has 4 heteroatoms. The SMILES string of the molecule is COc1cccnc1C(N)c1ccc(F)c(C)c1. The average molecular weight is 246 g/mol. The van der Waals surface area contributed by atoms with Crippen LogP contribution in [-0.4, -0.2) is 12.1 Å². The normalized spacial score (nSPS) is 12.2. The van der Waals surface area contributed by atoms with Crippen molar-refractivity contribution in [3.8, 4) is 5.75 Å². The van der Waals surface area contributed by atoms with Crippen LogP contribution in [-0.2, 0) is 0 Å². The Hall–Kier alpha value is -1.94. The standard InChI is InChI=1S/C14H15FN2O/c1-9-8-10(5-6-11(9)15)13(16)14-12(18-2)4-3-7-17-14/h3-8,13H,16H2,1-2H3. The van der Waals surface area contributed by atoms with E-state index < -0.39 is 6.04 Å². The molecule has 0 aliphatic heterocycles. The predicted octanol–water partition coefficient (Wildman–Crippen LogP) is 2.59. The summed E-state index contributed by atoms with van der Waals surface area (Å²) >= 11 is 0. The molecular formula is C14H15FN2O. The molecule has 0 spiro atoms. The van der Waals surface area contributed by atoms with Crippen molar-refractivity contribution in [2.75, 3.05) is 7.11 Å². The number of aromatic nitrogens is 1. The lowest BCUT2D eigenvalue weighted by molar-refractivity contribution is 0.404. The van der Waals surface area contributed by atoms with E-state index >= 15 is 0 Å². The number of hydrogen-bond acceptors (Lipinski definition) is 3. The Kier molecular flexibility index (Phi) is 3.58. The maximum Gasteiger partial charge on any atom is 0.142 e. The van der Waals surface area contributed by atoms with Crippen molar-refractivity contribution >= 4 is 0 Å². The second-order valence-corrected chi connectivity index (χ2v) is 4.08. The van der Waals surface area contributed by atoms with Crippen LogP contribution in [0, 0.1) is 12.7 Å². The Labute approximate surface area is 105 Å². The van der Waals surface area contributed by atoms with Gasteiger partial charge in [-0.05, 0) is 36.2 Å². The van der Waals surface area contributed by atoms with Crippen LogP contribution in [0.3, 0.4) is 0 Å². The molecule has 1 aromatic heterocycles. The van der Waals surface area contributed by atoms with E-state index in [4.69, 9.17) is 10.5 Å². The Bertz CT molecular complexity index is 557. The molecule has 2 N–H and O–H groups in total. The largest absolute Gasteiger partial charge is 0.495 e. The number of methoxy groups -OCH3 is 1. The third kappa shape index (κ3) is 2.33. The minimum Gasteiger partial charge on any atom is -0.495 e. The molecule has 2 rings (SSSR count). The third-order valence-corrected chi connectivity index (χ3v) is 2.86. The first kappa shape index (κ1) is 12.5. The molecule has 94 valence electrons. The molecule has 0 bridgehead atoms. The fraction of sp³-hybridized carbons (Fsp3) is 0.214. The van der Waals surface area contributed by atoms with Crippen LogP contribution in [0.4, 0.5) is 4.39 Å². The maximum absolute atomic E-state index is 13.2. The minimum atomic E-state index is -0.430. The number of nitrogens with zero attached hydrogens (tertiary/aromatic N) is 1. The molecule has 0 saturated heterocycles. The highest BCUT2D eigenvalue weighted by Gasteiger charge is 2.15. The van der Waals surface area contributed by atoms with Crippen molar-refractivity contribution in [1.82, 2.24) is 4.98 Å². The highest BCUT2D eigenvalue weighted by Crippen LogP contribution is 2.26. The van der Waals surface area contributed by atoms with Gasteiger partial charge in [0.1, 0.15) is 17.3 Å². The van der Waals surface area contributed by atoms with Crippen LogP contribution in [0.2, 0.25) is 0 Å². The van der Waals surface area contributed by atoms with Gasteiger partial charge in [0, 0.05) is 6.20 Å². The van der Waals surface area contributed by atoms with Crippen LogP contribution in [0.15, 0.2) is 36.5 Å². The highest BCUT2D eigenvalue weighted by atomic mass is 19.1. The van der Waals surface area contributed by atoms with E-state index in [2.05, 4.69) is 4.98 Å². The van der Waals surface area contributed by atoms with E-state index in [9.17, 15) is 4.39 Å². The van der Waals surface area contributed by atoms with Gasteiger partial charge in [0.05, 0.1) is 13.2 Å². The van der Waals surface area contributed by atoms with E-state index in [1.807, 2.05) is 0 Å². The maximum atomic E-state index is 13.2. The minimum absolute atomic E-state index is 0.237. The molecule has 1 unspecified atom stereocenters. The summed E-state index contributed by atoms with van der Waals surface area (Å²) in [5.41, 5.74) is 8.17. The third-order valence-electron chi connectivity index (χ3n) is 2.86. The van der Waals surface area contributed by atoms with Crippen LogP contribution in [0.25, 0.3) is 0 Å². The van der Waals surface area contributed by atoms with Gasteiger partial charge in [-0.3, -0.25) is 4.98 Å².